The van der Waals surface area contributed by atoms with Gasteiger partial charge in [-0.15, -0.1) is 11.3 Å². The molecule has 100 valence electrons. The molecule has 1 aliphatic carbocycles. The third-order valence-corrected chi connectivity index (χ3v) is 5.21. The molecule has 2 unspecified atom stereocenters. The van der Waals surface area contributed by atoms with Gasteiger partial charge in [-0.2, -0.15) is 0 Å². The van der Waals surface area contributed by atoms with Gasteiger partial charge in [0.05, 0.1) is 5.54 Å². The van der Waals surface area contributed by atoms with Crippen molar-refractivity contribution in [2.45, 2.75) is 57.2 Å². The Bertz CT molecular complexity index is 388. The first-order chi connectivity index (χ1) is 8.75. The molecule has 0 amide bonds. The van der Waals surface area contributed by atoms with Gasteiger partial charge in [0.1, 0.15) is 5.01 Å². The van der Waals surface area contributed by atoms with Crippen LogP contribution in [0.2, 0.25) is 0 Å². The van der Waals surface area contributed by atoms with Crippen molar-refractivity contribution in [3.63, 3.8) is 0 Å². The van der Waals surface area contributed by atoms with E-state index < -0.39 is 0 Å². The summed E-state index contributed by atoms with van der Waals surface area (Å²) in [5.74, 6) is 0. The lowest BCUT2D eigenvalue weighted by Crippen LogP contribution is -2.45. The van der Waals surface area contributed by atoms with Crippen LogP contribution < -0.4 is 5.32 Å². The summed E-state index contributed by atoms with van der Waals surface area (Å²) >= 11 is 1.81. The molecule has 2 fully saturated rings. The van der Waals surface area contributed by atoms with E-state index >= 15 is 0 Å². The molecule has 2 aliphatic rings. The highest BCUT2D eigenvalue weighted by Crippen LogP contribution is 2.42. The topological polar surface area (TPSA) is 28.2 Å². The van der Waals surface area contributed by atoms with Crippen LogP contribution >= 0.6 is 11.3 Å². The Labute approximate surface area is 114 Å². The number of hydrogen-bond donors (Lipinski definition) is 1. The molecular formula is C14H23N3S. The lowest BCUT2D eigenvalue weighted by Gasteiger charge is -2.29. The van der Waals surface area contributed by atoms with Gasteiger partial charge >= 0.3 is 0 Å². The van der Waals surface area contributed by atoms with Crippen LogP contribution in [-0.2, 0) is 5.54 Å². The second-order valence-electron chi connectivity index (χ2n) is 5.80. The van der Waals surface area contributed by atoms with Gasteiger partial charge in [-0.05, 0) is 39.2 Å². The molecule has 0 spiro atoms. The lowest BCUT2D eigenvalue weighted by molar-refractivity contribution is 0.240. The van der Waals surface area contributed by atoms with Gasteiger partial charge in [-0.25, -0.2) is 4.98 Å². The van der Waals surface area contributed by atoms with E-state index in [1.807, 2.05) is 6.20 Å². The van der Waals surface area contributed by atoms with E-state index in [1.165, 1.54) is 30.7 Å². The molecule has 1 aromatic rings. The molecule has 1 saturated heterocycles. The summed E-state index contributed by atoms with van der Waals surface area (Å²) in [7, 11) is 0. The molecule has 2 atom stereocenters. The Morgan fingerprint density at radius 1 is 1.56 bits per heavy atom. The maximum atomic E-state index is 4.60. The number of hydrogen-bond acceptors (Lipinski definition) is 4. The van der Waals surface area contributed by atoms with Gasteiger partial charge in [-0.1, -0.05) is 6.92 Å². The van der Waals surface area contributed by atoms with Crippen molar-refractivity contribution in [1.29, 1.82) is 0 Å². The Morgan fingerprint density at radius 3 is 3.00 bits per heavy atom. The Balaban J connectivity index is 1.82. The molecule has 1 N–H and O–H groups in total. The second-order valence-corrected chi connectivity index (χ2v) is 6.70. The highest BCUT2D eigenvalue weighted by molar-refractivity contribution is 7.09. The third kappa shape index (κ3) is 2.22. The Hall–Kier alpha value is -0.450. The Kier molecular flexibility index (Phi) is 3.43. The number of rotatable bonds is 5. The summed E-state index contributed by atoms with van der Waals surface area (Å²) in [6, 6.07) is 1.54. The van der Waals surface area contributed by atoms with E-state index in [2.05, 4.69) is 34.4 Å². The zero-order valence-electron chi connectivity index (χ0n) is 11.4. The average molecular weight is 265 g/mol. The van der Waals surface area contributed by atoms with Crippen molar-refractivity contribution in [2.24, 2.45) is 0 Å². The van der Waals surface area contributed by atoms with E-state index in [0.717, 1.165) is 19.1 Å². The van der Waals surface area contributed by atoms with Crippen LogP contribution in [-0.4, -0.2) is 35.1 Å². The van der Waals surface area contributed by atoms with Crippen LogP contribution in [0.3, 0.4) is 0 Å². The molecule has 1 aromatic heterocycles. The summed E-state index contributed by atoms with van der Waals surface area (Å²) in [4.78, 5) is 7.30. The highest BCUT2D eigenvalue weighted by atomic mass is 32.1. The van der Waals surface area contributed by atoms with Crippen LogP contribution in [0.25, 0.3) is 0 Å². The summed E-state index contributed by atoms with van der Waals surface area (Å²) in [6.07, 6.45) is 7.12. The van der Waals surface area contributed by atoms with E-state index in [-0.39, 0.29) is 5.54 Å². The predicted octanol–water partition coefficient (Wildman–Crippen LogP) is 2.59. The number of thiazole rings is 1. The maximum absolute atomic E-state index is 4.60. The van der Waals surface area contributed by atoms with Gasteiger partial charge in [0.2, 0.25) is 0 Å². The fourth-order valence-corrected chi connectivity index (χ4v) is 4.05. The molecular weight excluding hydrogens is 242 g/mol. The highest BCUT2D eigenvalue weighted by Gasteiger charge is 2.48. The van der Waals surface area contributed by atoms with Gasteiger partial charge in [0.15, 0.2) is 0 Å². The summed E-state index contributed by atoms with van der Waals surface area (Å²) < 4.78 is 0. The molecule has 1 aliphatic heterocycles. The van der Waals surface area contributed by atoms with Gasteiger partial charge in [0, 0.05) is 30.2 Å². The van der Waals surface area contributed by atoms with Crippen LogP contribution in [0.4, 0.5) is 0 Å². The van der Waals surface area contributed by atoms with E-state index in [0.29, 0.717) is 6.04 Å². The van der Waals surface area contributed by atoms with E-state index in [9.17, 15) is 0 Å². The third-order valence-electron chi connectivity index (χ3n) is 4.23. The lowest BCUT2D eigenvalue weighted by atomic mass is 9.97. The number of likely N-dealkylation sites (tertiary alicyclic amines) is 1. The van der Waals surface area contributed by atoms with Crippen molar-refractivity contribution >= 4 is 11.3 Å². The van der Waals surface area contributed by atoms with Crippen LogP contribution in [0, 0.1) is 0 Å². The SMILES string of the molecule is CCCNC1(c2nccs2)CC(C)N(C2CC2)C1. The minimum Gasteiger partial charge on any atom is -0.304 e. The zero-order chi connectivity index (χ0) is 12.6. The normalized spacial score (nSPS) is 33.1. The molecule has 3 nitrogen and oxygen atoms in total. The van der Waals surface area contributed by atoms with Crippen LogP contribution in [0.15, 0.2) is 11.6 Å². The minimum atomic E-state index is 0.117. The van der Waals surface area contributed by atoms with Gasteiger partial charge in [-0.3, -0.25) is 4.90 Å². The van der Waals surface area contributed by atoms with Crippen molar-refractivity contribution in [3.05, 3.63) is 16.6 Å². The fourth-order valence-electron chi connectivity index (χ4n) is 3.23. The first kappa shape index (κ1) is 12.6. The largest absolute Gasteiger partial charge is 0.304 e. The molecule has 3 rings (SSSR count). The predicted molar refractivity (Wildman–Crippen MR) is 75.9 cm³/mol. The van der Waals surface area contributed by atoms with Gasteiger partial charge in [0.25, 0.3) is 0 Å². The van der Waals surface area contributed by atoms with Crippen LogP contribution in [0.5, 0.6) is 0 Å². The summed E-state index contributed by atoms with van der Waals surface area (Å²) in [5, 5.41) is 7.19. The van der Waals surface area contributed by atoms with Crippen molar-refractivity contribution < 1.29 is 0 Å². The van der Waals surface area contributed by atoms with Crippen molar-refractivity contribution in [1.82, 2.24) is 15.2 Å². The van der Waals surface area contributed by atoms with Crippen molar-refractivity contribution in [2.75, 3.05) is 13.1 Å². The molecule has 4 heteroatoms. The summed E-state index contributed by atoms with van der Waals surface area (Å²) in [5.41, 5.74) is 0.117. The molecule has 18 heavy (non-hydrogen) atoms. The molecule has 2 heterocycles. The van der Waals surface area contributed by atoms with E-state index in [1.54, 1.807) is 11.3 Å². The Morgan fingerprint density at radius 2 is 2.39 bits per heavy atom. The monoisotopic (exact) mass is 265 g/mol. The maximum Gasteiger partial charge on any atom is 0.114 e. The smallest absolute Gasteiger partial charge is 0.114 e. The molecule has 0 bridgehead atoms. The van der Waals surface area contributed by atoms with Crippen LogP contribution in [0.1, 0.15) is 44.5 Å². The molecule has 0 aromatic carbocycles. The quantitative estimate of drug-likeness (QED) is 0.887. The van der Waals surface area contributed by atoms with E-state index in [4.69, 9.17) is 0 Å². The number of nitrogens with zero attached hydrogens (tertiary/aromatic N) is 2. The number of aromatic nitrogens is 1. The van der Waals surface area contributed by atoms with Crippen molar-refractivity contribution in [3.8, 4) is 0 Å². The van der Waals surface area contributed by atoms with Gasteiger partial charge < -0.3 is 5.32 Å². The summed E-state index contributed by atoms with van der Waals surface area (Å²) in [6.45, 7) is 6.85. The molecule has 1 saturated carbocycles. The minimum absolute atomic E-state index is 0.117. The number of nitrogens with one attached hydrogen (secondary N) is 1. The fraction of sp³-hybridized carbons (Fsp3) is 0.786. The second kappa shape index (κ2) is 4.91. The molecule has 0 radical (unpaired) electrons. The average Bonchev–Trinajstić information content (AvgIpc) is 2.93. The standard InChI is InChI=1S/C14H23N3S/c1-3-6-16-14(13-15-7-8-18-13)9-11(2)17(10-14)12-4-5-12/h7-8,11-12,16H,3-6,9-10H2,1-2H3. The zero-order valence-corrected chi connectivity index (χ0v) is 12.2. The first-order valence-corrected chi connectivity index (χ1v) is 8.04. The first-order valence-electron chi connectivity index (χ1n) is 7.16.